The van der Waals surface area contributed by atoms with Gasteiger partial charge < -0.3 is 91.6 Å². The summed E-state index contributed by atoms with van der Waals surface area (Å²) in [6, 6.07) is 34.8. The van der Waals surface area contributed by atoms with E-state index in [0.717, 1.165) is 130 Å². The summed E-state index contributed by atoms with van der Waals surface area (Å²) in [7, 11) is 17.0. The van der Waals surface area contributed by atoms with Crippen molar-refractivity contribution in [1.82, 2.24) is 84.0 Å². The molecule has 2 saturated heterocycles. The molecule has 97 heavy (non-hydrogen) atoms. The van der Waals surface area contributed by atoms with Crippen LogP contribution in [0.5, 0.6) is 17.2 Å². The van der Waals surface area contributed by atoms with Gasteiger partial charge >= 0.3 is 0 Å². The summed E-state index contributed by atoms with van der Waals surface area (Å²) in [4.78, 5) is 52.0. The first kappa shape index (κ1) is 68.4. The molecule has 2 aliphatic rings. The molecule has 0 amide bonds. The van der Waals surface area contributed by atoms with Gasteiger partial charge in [-0.1, -0.05) is 24.3 Å². The van der Waals surface area contributed by atoms with Crippen molar-refractivity contribution in [1.29, 1.82) is 0 Å². The zero-order valence-electron chi connectivity index (χ0n) is 56.0. The number of nitrogens with two attached hydrogens (primary N) is 3. The van der Waals surface area contributed by atoms with Crippen LogP contribution in [-0.2, 0) is 16.0 Å². The van der Waals surface area contributed by atoms with Crippen LogP contribution < -0.4 is 72.3 Å². The zero-order chi connectivity index (χ0) is 68.2. The Labute approximate surface area is 562 Å². The van der Waals surface area contributed by atoms with E-state index in [-0.39, 0.29) is 17.8 Å². The standard InChI is InChI=1S/C24H27N9O2.C22H32N10O2.C18H25N9O/c1-34-20-8-2-17(3-9-20)16-27-23-26-11-10-21(29-23)33-22(25)30-24(31-33)28-18-4-6-19(7-5-18)32-12-14-35-15-13-32;1-29(2)7-8-30(3)19-14-20(25-15-24-19)32-21(23)27-22(28-32)26-17-6-5-16(13-18(17)33-4)31-9-11-34-12-10-31;1-25(2)9-10-26(3)15-11-16(21-12-20-15)27-17(19)23-18(24-27)22-13-7-5-6-8-14(13)28-4/h2-11H,12-16H2,1H3,(H,26,27,29)(H3,25,28,30,31);5-6,13-15H,7-12H2,1-4H3,(H3,23,26,27,28);5-8,11-12H,9-10H2,1-4H3,(H3,19,22,23,24). The minimum absolute atomic E-state index is 0.215. The number of hydrogen-bond acceptors (Lipinski definition) is 30. The van der Waals surface area contributed by atoms with E-state index >= 15 is 0 Å². The third kappa shape index (κ3) is 18.7. The monoisotopic (exact) mass is 1320 g/mol. The average molecular weight is 1330 g/mol. The maximum Gasteiger partial charge on any atom is 0.249 e. The number of aromatic nitrogens is 15. The van der Waals surface area contributed by atoms with Crippen molar-refractivity contribution in [2.45, 2.75) is 6.54 Å². The second-order valence-electron chi connectivity index (χ2n) is 22.7. The van der Waals surface area contributed by atoms with E-state index in [4.69, 9.17) is 40.9 Å². The second-order valence-corrected chi connectivity index (χ2v) is 22.7. The Balaban J connectivity index is 0.000000159. The number of likely N-dealkylation sites (N-methyl/N-ethyl adjacent to an activating group) is 4. The van der Waals surface area contributed by atoms with Crippen LogP contribution in [0.4, 0.5) is 81.7 Å². The Bertz CT molecular complexity index is 4100. The number of ether oxygens (including phenoxy) is 5. The Morgan fingerprint density at radius 3 is 1.48 bits per heavy atom. The van der Waals surface area contributed by atoms with Crippen LogP contribution in [0.25, 0.3) is 17.5 Å². The van der Waals surface area contributed by atoms with Crippen molar-refractivity contribution < 1.29 is 23.7 Å². The van der Waals surface area contributed by atoms with Gasteiger partial charge in [0, 0.05) is 121 Å². The number of nitrogen functional groups attached to an aromatic ring is 3. The first-order valence-corrected chi connectivity index (χ1v) is 31.2. The lowest BCUT2D eigenvalue weighted by Crippen LogP contribution is -2.36. The summed E-state index contributed by atoms with van der Waals surface area (Å²) in [6.45, 7) is 10.5. The molecule has 8 heterocycles. The molecule has 0 saturated carbocycles. The summed E-state index contributed by atoms with van der Waals surface area (Å²) in [5.41, 5.74) is 24.0. The molecule has 2 aliphatic heterocycles. The van der Waals surface area contributed by atoms with Crippen LogP contribution in [0, 0.1) is 0 Å². The number of nitrogens with one attached hydrogen (secondary N) is 4. The summed E-state index contributed by atoms with van der Waals surface area (Å²) in [6.07, 6.45) is 4.64. The molecule has 12 rings (SSSR count). The van der Waals surface area contributed by atoms with Crippen molar-refractivity contribution >= 4 is 81.7 Å². The van der Waals surface area contributed by atoms with E-state index in [2.05, 4.69) is 118 Å². The lowest BCUT2D eigenvalue weighted by Gasteiger charge is -2.29. The van der Waals surface area contributed by atoms with Gasteiger partial charge in [0.1, 0.15) is 41.5 Å². The number of benzene rings is 4. The highest BCUT2D eigenvalue weighted by atomic mass is 16.5. The number of anilines is 14. The maximum atomic E-state index is 6.16. The van der Waals surface area contributed by atoms with E-state index in [1.54, 1.807) is 33.6 Å². The Hall–Kier alpha value is -11.4. The van der Waals surface area contributed by atoms with Crippen molar-refractivity contribution in [3.05, 3.63) is 134 Å². The van der Waals surface area contributed by atoms with Gasteiger partial charge in [0.15, 0.2) is 17.5 Å². The van der Waals surface area contributed by atoms with Gasteiger partial charge in [0.2, 0.25) is 41.6 Å². The highest BCUT2D eigenvalue weighted by molar-refractivity contribution is 5.69. The Morgan fingerprint density at radius 1 is 0.464 bits per heavy atom. The predicted octanol–water partition coefficient (Wildman–Crippen LogP) is 5.46. The number of hydrogen-bond donors (Lipinski definition) is 7. The van der Waals surface area contributed by atoms with Gasteiger partial charge in [-0.2, -0.15) is 34.0 Å². The molecule has 2 fully saturated rings. The van der Waals surface area contributed by atoms with E-state index in [0.29, 0.717) is 59.3 Å². The third-order valence-electron chi connectivity index (χ3n) is 15.3. The lowest BCUT2D eigenvalue weighted by atomic mass is 10.2. The largest absolute Gasteiger partial charge is 0.497 e. The molecule has 33 nitrogen and oxygen atoms in total. The summed E-state index contributed by atoms with van der Waals surface area (Å²) >= 11 is 0. The highest BCUT2D eigenvalue weighted by Crippen LogP contribution is 2.33. The van der Waals surface area contributed by atoms with Crippen molar-refractivity contribution in [3.63, 3.8) is 0 Å². The van der Waals surface area contributed by atoms with Gasteiger partial charge in [0.25, 0.3) is 0 Å². The molecule has 6 aromatic heterocycles. The predicted molar refractivity (Wildman–Crippen MR) is 376 cm³/mol. The summed E-state index contributed by atoms with van der Waals surface area (Å²) < 4.78 is 31.4. The minimum atomic E-state index is 0.215. The molecule has 33 heteroatoms. The SMILES string of the molecule is COc1cc(N2CCOCC2)ccc1Nc1nc(N)n(-c2cc(N(C)CCN(C)C)ncn2)n1.COc1ccc(CNc2nccc(-n3nc(Nc4ccc(N5CCOCC5)cc4)nc3N)n2)cc1.COc1ccccc1Nc1nc(N)n(-c2cc(N(C)CCN(C)C)ncn2)n1. The zero-order valence-corrected chi connectivity index (χ0v) is 56.0. The number of morpholine rings is 2. The van der Waals surface area contributed by atoms with Crippen LogP contribution in [0.3, 0.4) is 0 Å². The van der Waals surface area contributed by atoms with Gasteiger partial charge in [-0.3, -0.25) is 0 Å². The fourth-order valence-corrected chi connectivity index (χ4v) is 9.86. The molecular formula is C64H84N28O5. The van der Waals surface area contributed by atoms with Gasteiger partial charge in [-0.05, 0) is 94.4 Å². The van der Waals surface area contributed by atoms with E-state index in [1.807, 2.05) is 138 Å². The molecule has 0 radical (unpaired) electrons. The molecule has 4 aromatic carbocycles. The molecule has 0 aliphatic carbocycles. The third-order valence-corrected chi connectivity index (χ3v) is 15.3. The van der Waals surface area contributed by atoms with Crippen LogP contribution in [0.2, 0.25) is 0 Å². The molecule has 0 bridgehead atoms. The van der Waals surface area contributed by atoms with Gasteiger partial charge in [-0.15, -0.1) is 15.3 Å². The van der Waals surface area contributed by atoms with Crippen molar-refractivity contribution in [2.75, 3.05) is 200 Å². The van der Waals surface area contributed by atoms with E-state index in [1.165, 1.54) is 26.7 Å². The molecule has 0 unspecified atom stereocenters. The quantitative estimate of drug-likeness (QED) is 0.0374. The molecule has 10 aromatic rings. The van der Waals surface area contributed by atoms with Crippen LogP contribution in [-0.4, -0.2) is 226 Å². The van der Waals surface area contributed by atoms with E-state index in [9.17, 15) is 0 Å². The number of methoxy groups -OCH3 is 3. The summed E-state index contributed by atoms with van der Waals surface area (Å²) in [5, 5.41) is 26.1. The van der Waals surface area contributed by atoms with Crippen molar-refractivity contribution in [3.8, 4) is 34.7 Å². The smallest absolute Gasteiger partial charge is 0.249 e. The molecule has 510 valence electrons. The highest BCUT2D eigenvalue weighted by Gasteiger charge is 2.20. The fraction of sp³-hybridized carbons (Fsp3) is 0.344. The fourth-order valence-electron chi connectivity index (χ4n) is 9.86. The van der Waals surface area contributed by atoms with Crippen LogP contribution >= 0.6 is 0 Å². The average Bonchev–Trinajstić information content (AvgIpc) is 1.74. The molecule has 0 atom stereocenters. The van der Waals surface area contributed by atoms with Gasteiger partial charge in [-0.25, -0.2) is 24.9 Å². The maximum absolute atomic E-state index is 6.16. The summed E-state index contributed by atoms with van der Waals surface area (Å²) in [5.74, 6) is 7.52. The first-order chi connectivity index (χ1) is 47.1. The molecule has 10 N–H and O–H groups in total. The second kappa shape index (κ2) is 33.1. The van der Waals surface area contributed by atoms with Crippen molar-refractivity contribution in [2.24, 2.45) is 0 Å². The number of nitrogens with zero attached hydrogens (tertiary/aromatic N) is 21. The molecule has 0 spiro atoms. The topological polar surface area (TPSA) is 361 Å². The normalized spacial score (nSPS) is 12.9. The first-order valence-electron chi connectivity index (χ1n) is 31.2. The van der Waals surface area contributed by atoms with Crippen LogP contribution in [0.1, 0.15) is 5.56 Å². The Kier molecular flexibility index (Phi) is 23.4. The lowest BCUT2D eigenvalue weighted by molar-refractivity contribution is 0.122. The minimum Gasteiger partial charge on any atom is -0.497 e. The Morgan fingerprint density at radius 2 is 0.959 bits per heavy atom. The van der Waals surface area contributed by atoms with E-state index < -0.39 is 0 Å². The number of rotatable bonds is 25. The van der Waals surface area contributed by atoms with Gasteiger partial charge in [0.05, 0.1) is 59.1 Å². The number of para-hydroxylation sites is 2. The molecular weight excluding hydrogens is 1240 g/mol. The van der Waals surface area contributed by atoms with Crippen LogP contribution in [0.15, 0.2) is 128 Å².